The first-order valence-corrected chi connectivity index (χ1v) is 12.1. The fourth-order valence-corrected chi connectivity index (χ4v) is 7.61. The van der Waals surface area contributed by atoms with E-state index in [0.29, 0.717) is 12.0 Å². The quantitative estimate of drug-likeness (QED) is 0.438. The van der Waals surface area contributed by atoms with Crippen LogP contribution in [0.3, 0.4) is 0 Å². The van der Waals surface area contributed by atoms with Crippen LogP contribution in [0.25, 0.3) is 0 Å². The monoisotopic (exact) mass is 490 g/mol. The number of ketones is 1. The van der Waals surface area contributed by atoms with Crippen LogP contribution in [0.1, 0.15) is 44.6 Å². The molecule has 184 valence electrons. The Kier molecular flexibility index (Phi) is 5.07. The first-order valence-electron chi connectivity index (χ1n) is 11.7. The topological polar surface area (TPSA) is 122 Å². The molecule has 2 saturated carbocycles. The highest BCUT2D eigenvalue weighted by Gasteiger charge is 2.76. The van der Waals surface area contributed by atoms with E-state index in [1.54, 1.807) is 26.1 Å². The third kappa shape index (κ3) is 2.74. The molecule has 8 nitrogen and oxygen atoms in total. The van der Waals surface area contributed by atoms with Crippen LogP contribution in [-0.4, -0.2) is 61.3 Å². The molecule has 9 heteroatoms. The molecule has 3 N–H and O–H groups in total. The van der Waals surface area contributed by atoms with Gasteiger partial charge in [0.15, 0.2) is 23.2 Å². The Morgan fingerprint density at radius 2 is 2.06 bits per heavy atom. The van der Waals surface area contributed by atoms with E-state index in [0.717, 1.165) is 0 Å². The summed E-state index contributed by atoms with van der Waals surface area (Å²) in [6.45, 7) is 7.34. The van der Waals surface area contributed by atoms with E-state index in [1.165, 1.54) is 10.9 Å². The normalized spacial score (nSPS) is 42.1. The molecule has 0 amide bonds. The maximum Gasteiger partial charge on any atom is 0.361 e. The average molecular weight is 491 g/mol. The van der Waals surface area contributed by atoms with E-state index >= 15 is 0 Å². The molecule has 2 fully saturated rings. The van der Waals surface area contributed by atoms with Gasteiger partial charge in [0.25, 0.3) is 0 Å². The predicted molar refractivity (Wildman–Crippen MR) is 123 cm³/mol. The molecule has 2 bridgehead atoms. The molecule has 4 aliphatic carbocycles. The van der Waals surface area contributed by atoms with Gasteiger partial charge in [-0.2, -0.15) is 5.10 Å². The summed E-state index contributed by atoms with van der Waals surface area (Å²) in [5, 5.41) is 38.1. The maximum absolute atomic E-state index is 14.3. The van der Waals surface area contributed by atoms with Crippen LogP contribution in [0.2, 0.25) is 5.02 Å². The lowest BCUT2D eigenvalue weighted by atomic mass is 9.59. The smallest absolute Gasteiger partial charge is 0.361 e. The van der Waals surface area contributed by atoms with Crippen LogP contribution in [-0.2, 0) is 16.6 Å². The van der Waals surface area contributed by atoms with Gasteiger partial charge in [-0.05, 0) is 47.7 Å². The largest absolute Gasteiger partial charge is 0.450 e. The van der Waals surface area contributed by atoms with Gasteiger partial charge >= 0.3 is 5.97 Å². The zero-order valence-electron chi connectivity index (χ0n) is 19.9. The zero-order valence-corrected chi connectivity index (χ0v) is 20.7. The van der Waals surface area contributed by atoms with E-state index in [1.807, 2.05) is 6.92 Å². The van der Waals surface area contributed by atoms with Gasteiger partial charge in [-0.15, -0.1) is 0 Å². The van der Waals surface area contributed by atoms with Crippen molar-refractivity contribution in [1.29, 1.82) is 0 Å². The second kappa shape index (κ2) is 7.26. The van der Waals surface area contributed by atoms with E-state index in [9.17, 15) is 24.9 Å². The van der Waals surface area contributed by atoms with Gasteiger partial charge in [0, 0.05) is 19.2 Å². The summed E-state index contributed by atoms with van der Waals surface area (Å²) in [7, 11) is 1.61. The number of allylic oxidation sites excluding steroid dienone is 1. The lowest BCUT2D eigenvalue weighted by molar-refractivity contribution is -0.190. The number of aliphatic hydroxyl groups excluding tert-OH is 2. The Balaban J connectivity index is 1.64. The molecule has 1 heterocycles. The van der Waals surface area contributed by atoms with Gasteiger partial charge in [0.2, 0.25) is 0 Å². The minimum Gasteiger partial charge on any atom is -0.450 e. The number of halogens is 1. The summed E-state index contributed by atoms with van der Waals surface area (Å²) in [5.74, 6) is -1.62. The van der Waals surface area contributed by atoms with Crippen LogP contribution in [0.15, 0.2) is 29.5 Å². The molecule has 0 aliphatic heterocycles. The molecule has 0 unspecified atom stereocenters. The Morgan fingerprint density at radius 1 is 1.38 bits per heavy atom. The third-order valence-corrected chi connectivity index (χ3v) is 9.38. The highest BCUT2D eigenvalue weighted by atomic mass is 35.5. The van der Waals surface area contributed by atoms with Gasteiger partial charge in [-0.1, -0.05) is 44.5 Å². The highest BCUT2D eigenvalue weighted by Crippen LogP contribution is 2.71. The number of ether oxygens (including phenoxy) is 1. The van der Waals surface area contributed by atoms with Crippen molar-refractivity contribution in [2.45, 2.75) is 51.9 Å². The van der Waals surface area contributed by atoms with Crippen molar-refractivity contribution in [1.82, 2.24) is 9.78 Å². The Labute approximate surface area is 203 Å². The number of nitrogens with zero attached hydrogens (tertiary/aromatic N) is 2. The molecule has 4 aliphatic rings. The second-order valence-electron chi connectivity index (χ2n) is 11.2. The molecule has 1 aromatic heterocycles. The molecule has 8 atom stereocenters. The summed E-state index contributed by atoms with van der Waals surface area (Å²) in [6, 6.07) is 0. The summed E-state index contributed by atoms with van der Waals surface area (Å²) >= 11 is 6.13. The van der Waals surface area contributed by atoms with Crippen molar-refractivity contribution in [3.8, 4) is 0 Å². The van der Waals surface area contributed by atoms with Crippen molar-refractivity contribution in [3.63, 3.8) is 0 Å². The summed E-state index contributed by atoms with van der Waals surface area (Å²) < 4.78 is 7.13. The molecule has 0 radical (unpaired) electrons. The minimum absolute atomic E-state index is 0.0559. The number of aliphatic hydroxyl groups is 3. The SMILES string of the molecule is CC1=C[C@]23C(=O)[C@@H](C=C(CO)[C@@H](O)[C@]2(O)[C@H]1OC(=O)c1nn(C)cc1Cl)[C@H]1[C@@H](C[C@H]3C)C1(C)C. The van der Waals surface area contributed by atoms with Crippen molar-refractivity contribution >= 4 is 23.4 Å². The van der Waals surface area contributed by atoms with Crippen LogP contribution < -0.4 is 0 Å². The van der Waals surface area contributed by atoms with E-state index in [-0.39, 0.29) is 45.2 Å². The Bertz CT molecular complexity index is 1150. The van der Waals surface area contributed by atoms with Crippen molar-refractivity contribution < 1.29 is 29.6 Å². The molecule has 34 heavy (non-hydrogen) atoms. The Hall–Kier alpha value is -2.00. The molecule has 5 rings (SSSR count). The summed E-state index contributed by atoms with van der Waals surface area (Å²) in [6.07, 6.45) is 2.55. The van der Waals surface area contributed by atoms with Crippen LogP contribution in [0.5, 0.6) is 0 Å². The number of hydrogen-bond donors (Lipinski definition) is 3. The number of Topliss-reactive ketones (excluding diaryl/α,β-unsaturated/α-hetero) is 1. The van der Waals surface area contributed by atoms with Crippen molar-refractivity contribution in [2.24, 2.45) is 41.5 Å². The van der Waals surface area contributed by atoms with E-state index in [4.69, 9.17) is 16.3 Å². The van der Waals surface area contributed by atoms with Gasteiger partial charge < -0.3 is 20.1 Å². The van der Waals surface area contributed by atoms with Gasteiger partial charge in [0.05, 0.1) is 17.0 Å². The number of aryl methyl sites for hydroxylation is 1. The minimum atomic E-state index is -2.19. The number of rotatable bonds is 3. The molecule has 0 saturated heterocycles. The average Bonchev–Trinajstić information content (AvgIpc) is 3.04. The standard InChI is InChI=1S/C25H31ClN2O6/c1-11-8-24-12(2)6-15-17(23(15,3)4)14(20(24)31)7-13(10-29)19(30)25(24,33)21(11)34-22(32)18-16(26)9-28(5)27-18/h7-9,12,14-15,17,19,21,29-30,33H,6,10H2,1-5H3/t12-,14+,15-,17+,19-,21+,24+,25+/m1/s1. The highest BCUT2D eigenvalue weighted by molar-refractivity contribution is 6.33. The number of aromatic nitrogens is 2. The lowest BCUT2D eigenvalue weighted by Gasteiger charge is -2.48. The first kappa shape index (κ1) is 23.7. The fourth-order valence-electron chi connectivity index (χ4n) is 7.35. The van der Waals surface area contributed by atoms with Gasteiger partial charge in [-0.25, -0.2) is 4.79 Å². The van der Waals surface area contributed by atoms with Crippen LogP contribution >= 0.6 is 11.6 Å². The first-order chi connectivity index (χ1) is 15.8. The third-order valence-electron chi connectivity index (χ3n) is 9.10. The number of carbonyl (C=O) groups is 2. The van der Waals surface area contributed by atoms with Crippen LogP contribution in [0, 0.1) is 34.5 Å². The van der Waals surface area contributed by atoms with Crippen LogP contribution in [0.4, 0.5) is 0 Å². The molecular weight excluding hydrogens is 460 g/mol. The number of hydrogen-bond acceptors (Lipinski definition) is 7. The number of carbonyl (C=O) groups excluding carboxylic acids is 2. The predicted octanol–water partition coefficient (Wildman–Crippen LogP) is 2.07. The van der Waals surface area contributed by atoms with Gasteiger partial charge in [-0.3, -0.25) is 9.48 Å². The second-order valence-corrected chi connectivity index (χ2v) is 11.6. The lowest BCUT2D eigenvalue weighted by Crippen LogP contribution is -2.65. The number of esters is 1. The molecule has 1 aromatic rings. The molecule has 0 aromatic carbocycles. The summed E-state index contributed by atoms with van der Waals surface area (Å²) in [5.41, 5.74) is -3.21. The van der Waals surface area contributed by atoms with Crippen molar-refractivity contribution in [2.75, 3.05) is 6.61 Å². The fraction of sp³-hybridized carbons (Fsp3) is 0.640. The maximum atomic E-state index is 14.3. The zero-order chi connectivity index (χ0) is 25.0. The molecule has 1 spiro atoms. The summed E-state index contributed by atoms with van der Waals surface area (Å²) in [4.78, 5) is 27.3. The Morgan fingerprint density at radius 3 is 2.65 bits per heavy atom. The molecular formula is C25H31ClN2O6. The van der Waals surface area contributed by atoms with Crippen molar-refractivity contribution in [3.05, 3.63) is 40.2 Å². The van der Waals surface area contributed by atoms with Gasteiger partial charge in [0.1, 0.15) is 6.10 Å². The number of fused-ring (bicyclic) bond motifs is 3. The van der Waals surface area contributed by atoms with E-state index < -0.39 is 41.7 Å². The van der Waals surface area contributed by atoms with E-state index in [2.05, 4.69) is 18.9 Å².